The molecule has 0 saturated heterocycles. The molecule has 0 aliphatic carbocycles. The number of hydrogen-bond acceptors (Lipinski definition) is 2. The van der Waals surface area contributed by atoms with E-state index in [1.807, 2.05) is 24.3 Å². The summed E-state index contributed by atoms with van der Waals surface area (Å²) in [5.41, 5.74) is 5.62. The summed E-state index contributed by atoms with van der Waals surface area (Å²) in [5, 5.41) is 0. The predicted octanol–water partition coefficient (Wildman–Crippen LogP) is 6.51. The minimum Gasteiger partial charge on any atom is -0.363 e. The van der Waals surface area contributed by atoms with Crippen LogP contribution in [0.4, 0.5) is 15.8 Å². The molecule has 1 aliphatic heterocycles. The summed E-state index contributed by atoms with van der Waals surface area (Å²) in [6.45, 7) is 11.4. The van der Waals surface area contributed by atoms with E-state index in [2.05, 4.69) is 73.2 Å². The summed E-state index contributed by atoms with van der Waals surface area (Å²) in [6, 6.07) is 9.56. The fourth-order valence-corrected chi connectivity index (χ4v) is 3.98. The summed E-state index contributed by atoms with van der Waals surface area (Å²) in [6.07, 6.45) is 3.88. The zero-order valence-corrected chi connectivity index (χ0v) is 18.1. The molecule has 4 heteroatoms. The van der Waals surface area contributed by atoms with Crippen LogP contribution in [-0.4, -0.2) is 18.3 Å². The molecule has 0 atom stereocenters. The van der Waals surface area contributed by atoms with Gasteiger partial charge in [-0.3, -0.25) is 4.99 Å². The van der Waals surface area contributed by atoms with Crippen LogP contribution in [0.3, 0.4) is 0 Å². The van der Waals surface area contributed by atoms with Crippen LogP contribution in [0.15, 0.2) is 41.4 Å². The van der Waals surface area contributed by atoms with E-state index in [1.54, 1.807) is 12.3 Å². The monoisotopic (exact) mass is 462 g/mol. The number of anilines is 1. The van der Waals surface area contributed by atoms with Crippen LogP contribution in [0.1, 0.15) is 44.4 Å². The molecule has 0 aromatic heterocycles. The standard InChI is InChI=1S/C22H24FIN2/c1-6-26-21-11-19(23)16(10-18(21)15(3)12-22(26,4)5)13-25-17-7-8-20(24)14(2)9-17/h7-13H,6H2,1-5H3. The molecular weight excluding hydrogens is 438 g/mol. The number of nitrogens with zero attached hydrogens (tertiary/aromatic N) is 2. The highest BCUT2D eigenvalue weighted by atomic mass is 127. The molecule has 0 fully saturated rings. The zero-order valence-electron chi connectivity index (χ0n) is 15.9. The van der Waals surface area contributed by atoms with Crippen LogP contribution in [-0.2, 0) is 0 Å². The Hall–Kier alpha value is -1.69. The van der Waals surface area contributed by atoms with Crippen molar-refractivity contribution < 1.29 is 4.39 Å². The molecule has 26 heavy (non-hydrogen) atoms. The summed E-state index contributed by atoms with van der Waals surface area (Å²) in [5.74, 6) is -0.237. The molecule has 0 spiro atoms. The Bertz CT molecular complexity index is 913. The van der Waals surface area contributed by atoms with Crippen molar-refractivity contribution in [2.45, 2.75) is 40.2 Å². The quantitative estimate of drug-likeness (QED) is 0.375. The molecular formula is C22H24FIN2. The van der Waals surface area contributed by atoms with Gasteiger partial charge < -0.3 is 4.90 Å². The molecule has 0 amide bonds. The Morgan fingerprint density at radius 2 is 1.92 bits per heavy atom. The second kappa shape index (κ2) is 7.14. The van der Waals surface area contributed by atoms with Gasteiger partial charge in [0.1, 0.15) is 5.82 Å². The Balaban J connectivity index is 2.02. The molecule has 1 heterocycles. The molecule has 0 radical (unpaired) electrons. The summed E-state index contributed by atoms with van der Waals surface area (Å²) >= 11 is 2.30. The van der Waals surface area contributed by atoms with E-state index >= 15 is 0 Å². The van der Waals surface area contributed by atoms with Crippen molar-refractivity contribution in [1.82, 2.24) is 0 Å². The Morgan fingerprint density at radius 3 is 2.58 bits per heavy atom. The average molecular weight is 462 g/mol. The maximum Gasteiger partial charge on any atom is 0.134 e. The SMILES string of the molecule is CCN1c2cc(F)c(C=Nc3ccc(I)c(C)c3)cc2C(C)=CC1(C)C. The van der Waals surface area contributed by atoms with Gasteiger partial charge in [0, 0.05) is 33.1 Å². The van der Waals surface area contributed by atoms with E-state index in [9.17, 15) is 4.39 Å². The zero-order chi connectivity index (χ0) is 19.1. The maximum absolute atomic E-state index is 14.8. The van der Waals surface area contributed by atoms with Crippen molar-refractivity contribution in [2.24, 2.45) is 4.99 Å². The van der Waals surface area contributed by atoms with E-state index in [1.165, 1.54) is 14.7 Å². The van der Waals surface area contributed by atoms with Crippen LogP contribution >= 0.6 is 22.6 Å². The van der Waals surface area contributed by atoms with Crippen LogP contribution < -0.4 is 4.90 Å². The summed E-state index contributed by atoms with van der Waals surface area (Å²) in [7, 11) is 0. The molecule has 0 N–H and O–H groups in total. The van der Waals surface area contributed by atoms with Crippen molar-refractivity contribution in [3.63, 3.8) is 0 Å². The molecule has 0 unspecified atom stereocenters. The first-order valence-corrected chi connectivity index (χ1v) is 9.92. The average Bonchev–Trinajstić information content (AvgIpc) is 2.56. The van der Waals surface area contributed by atoms with Gasteiger partial charge in [-0.1, -0.05) is 6.08 Å². The van der Waals surface area contributed by atoms with Gasteiger partial charge in [-0.15, -0.1) is 0 Å². The van der Waals surface area contributed by atoms with Gasteiger partial charge in [-0.2, -0.15) is 0 Å². The van der Waals surface area contributed by atoms with Crippen LogP contribution in [0.2, 0.25) is 0 Å². The highest BCUT2D eigenvalue weighted by Crippen LogP contribution is 2.39. The lowest BCUT2D eigenvalue weighted by molar-refractivity contribution is 0.561. The molecule has 0 saturated carbocycles. The van der Waals surface area contributed by atoms with Crippen molar-refractivity contribution in [1.29, 1.82) is 0 Å². The lowest BCUT2D eigenvalue weighted by Gasteiger charge is -2.42. The highest BCUT2D eigenvalue weighted by molar-refractivity contribution is 14.1. The lowest BCUT2D eigenvalue weighted by atomic mass is 9.88. The minimum atomic E-state index is -0.237. The van der Waals surface area contributed by atoms with E-state index < -0.39 is 0 Å². The molecule has 2 aromatic rings. The molecule has 2 nitrogen and oxygen atoms in total. The highest BCUT2D eigenvalue weighted by Gasteiger charge is 2.30. The van der Waals surface area contributed by atoms with Gasteiger partial charge >= 0.3 is 0 Å². The molecule has 3 rings (SSSR count). The van der Waals surface area contributed by atoms with Crippen molar-refractivity contribution in [2.75, 3.05) is 11.4 Å². The number of halogens is 2. The number of allylic oxidation sites excluding steroid dienone is 1. The Labute approximate surface area is 169 Å². The first kappa shape index (κ1) is 19.1. The molecule has 136 valence electrons. The number of rotatable bonds is 3. The van der Waals surface area contributed by atoms with Gasteiger partial charge in [-0.25, -0.2) is 4.39 Å². The van der Waals surface area contributed by atoms with E-state index in [0.29, 0.717) is 5.56 Å². The van der Waals surface area contributed by atoms with Crippen molar-refractivity contribution in [3.8, 4) is 0 Å². The smallest absolute Gasteiger partial charge is 0.134 e. The normalized spacial score (nSPS) is 16.0. The Kier molecular flexibility index (Phi) is 5.24. The first-order valence-electron chi connectivity index (χ1n) is 8.84. The second-order valence-electron chi connectivity index (χ2n) is 7.31. The second-order valence-corrected chi connectivity index (χ2v) is 8.47. The van der Waals surface area contributed by atoms with Gasteiger partial charge in [-0.05, 0) is 98.7 Å². The number of hydrogen-bond donors (Lipinski definition) is 0. The third-order valence-electron chi connectivity index (χ3n) is 4.91. The van der Waals surface area contributed by atoms with Crippen LogP contribution in [0, 0.1) is 16.3 Å². The van der Waals surface area contributed by atoms with Gasteiger partial charge in [0.05, 0.1) is 11.2 Å². The van der Waals surface area contributed by atoms with Crippen molar-refractivity contribution in [3.05, 3.63) is 62.5 Å². The largest absolute Gasteiger partial charge is 0.363 e. The fraction of sp³-hybridized carbons (Fsp3) is 0.318. The number of likely N-dealkylation sites (N-methyl/N-ethyl adjacent to an activating group) is 1. The fourth-order valence-electron chi connectivity index (χ4n) is 3.64. The Morgan fingerprint density at radius 1 is 1.19 bits per heavy atom. The van der Waals surface area contributed by atoms with E-state index in [0.717, 1.165) is 23.5 Å². The predicted molar refractivity (Wildman–Crippen MR) is 118 cm³/mol. The summed E-state index contributed by atoms with van der Waals surface area (Å²) < 4.78 is 16.0. The van der Waals surface area contributed by atoms with Crippen LogP contribution in [0.5, 0.6) is 0 Å². The molecule has 1 aliphatic rings. The topological polar surface area (TPSA) is 15.6 Å². The third-order valence-corrected chi connectivity index (χ3v) is 6.12. The third kappa shape index (κ3) is 3.56. The number of aliphatic imine (C=N–C) groups is 1. The molecule has 2 aromatic carbocycles. The summed E-state index contributed by atoms with van der Waals surface area (Å²) in [4.78, 5) is 6.72. The maximum atomic E-state index is 14.8. The first-order chi connectivity index (χ1) is 12.2. The number of benzene rings is 2. The number of fused-ring (bicyclic) bond motifs is 1. The van der Waals surface area contributed by atoms with Crippen LogP contribution in [0.25, 0.3) is 5.57 Å². The van der Waals surface area contributed by atoms with Crippen molar-refractivity contribution >= 4 is 45.8 Å². The van der Waals surface area contributed by atoms with Gasteiger partial charge in [0.2, 0.25) is 0 Å². The molecule has 0 bridgehead atoms. The lowest BCUT2D eigenvalue weighted by Crippen LogP contribution is -2.45. The van der Waals surface area contributed by atoms with E-state index in [4.69, 9.17) is 0 Å². The van der Waals surface area contributed by atoms with Gasteiger partial charge in [0.15, 0.2) is 0 Å². The van der Waals surface area contributed by atoms with E-state index in [-0.39, 0.29) is 11.4 Å². The number of aryl methyl sites for hydroxylation is 1. The minimum absolute atomic E-state index is 0.118. The van der Waals surface area contributed by atoms with Gasteiger partial charge in [0.25, 0.3) is 0 Å².